The Morgan fingerprint density at radius 1 is 0.944 bits per heavy atom. The van der Waals surface area contributed by atoms with Gasteiger partial charge in [-0.1, -0.05) is 30.3 Å². The van der Waals surface area contributed by atoms with Crippen LogP contribution < -0.4 is 0 Å². The van der Waals surface area contributed by atoms with Crippen molar-refractivity contribution in [3.63, 3.8) is 0 Å². The van der Waals surface area contributed by atoms with Crippen molar-refractivity contribution >= 4 is 11.9 Å². The second-order valence-electron chi connectivity index (χ2n) is 3.65. The molecule has 89 valence electrons. The maximum Gasteiger partial charge on any atom is 0.336 e. The molecule has 0 saturated carbocycles. The zero-order valence-corrected chi connectivity index (χ0v) is 9.25. The summed E-state index contributed by atoms with van der Waals surface area (Å²) in [5, 5.41) is 17.9. The minimum atomic E-state index is -1.26. The van der Waals surface area contributed by atoms with E-state index in [4.69, 9.17) is 10.2 Å². The van der Waals surface area contributed by atoms with Crippen molar-refractivity contribution in [2.24, 2.45) is 0 Å². The lowest BCUT2D eigenvalue weighted by Gasteiger charge is -2.05. The van der Waals surface area contributed by atoms with Crippen LogP contribution in [0.4, 0.5) is 0 Å². The van der Waals surface area contributed by atoms with E-state index in [0.29, 0.717) is 5.56 Å². The number of aromatic carboxylic acids is 2. The summed E-state index contributed by atoms with van der Waals surface area (Å²) in [5.41, 5.74) is 0.898. The first-order chi connectivity index (χ1) is 8.59. The van der Waals surface area contributed by atoms with Crippen molar-refractivity contribution in [3.8, 4) is 11.1 Å². The van der Waals surface area contributed by atoms with Crippen LogP contribution in [0.25, 0.3) is 11.1 Å². The second-order valence-corrected chi connectivity index (χ2v) is 3.65. The first-order valence-corrected chi connectivity index (χ1v) is 5.17. The minimum absolute atomic E-state index is 0.220. The summed E-state index contributed by atoms with van der Waals surface area (Å²) in [4.78, 5) is 21.9. The maximum atomic E-state index is 11.0. The van der Waals surface area contributed by atoms with Gasteiger partial charge < -0.3 is 10.2 Å². The van der Waals surface area contributed by atoms with E-state index in [1.807, 2.05) is 0 Å². The summed E-state index contributed by atoms with van der Waals surface area (Å²) in [5.74, 6) is -2.51. The number of hydrogen-bond acceptors (Lipinski definition) is 2. The molecular weight excluding hydrogens is 232 g/mol. The predicted molar refractivity (Wildman–Crippen MR) is 64.6 cm³/mol. The molecule has 0 amide bonds. The fourth-order valence-electron chi connectivity index (χ4n) is 1.65. The Balaban J connectivity index is 2.57. The molecule has 2 aromatic carbocycles. The quantitative estimate of drug-likeness (QED) is 0.865. The molecule has 0 aliphatic heterocycles. The van der Waals surface area contributed by atoms with E-state index >= 15 is 0 Å². The highest BCUT2D eigenvalue weighted by atomic mass is 16.4. The van der Waals surface area contributed by atoms with Gasteiger partial charge in [-0.05, 0) is 29.3 Å². The molecular formula is C14H9O4. The molecule has 0 aromatic heterocycles. The van der Waals surface area contributed by atoms with Crippen LogP contribution in [0, 0.1) is 6.07 Å². The van der Waals surface area contributed by atoms with E-state index in [0.717, 1.165) is 5.56 Å². The number of hydrogen-bond donors (Lipinski definition) is 2. The molecule has 0 aliphatic rings. The third-order valence-electron chi connectivity index (χ3n) is 2.50. The summed E-state index contributed by atoms with van der Waals surface area (Å²) in [6.45, 7) is 0. The summed E-state index contributed by atoms with van der Waals surface area (Å²) in [6.07, 6.45) is 0. The SMILES string of the molecule is O=C(O)c1ccc(-c2[c]cccc2)cc1C(=O)O. The van der Waals surface area contributed by atoms with Gasteiger partial charge in [0.2, 0.25) is 0 Å². The zero-order valence-electron chi connectivity index (χ0n) is 9.25. The molecule has 1 radical (unpaired) electrons. The molecule has 2 aromatic rings. The van der Waals surface area contributed by atoms with Crippen LogP contribution in [0.5, 0.6) is 0 Å². The van der Waals surface area contributed by atoms with Crippen LogP contribution >= 0.6 is 0 Å². The lowest BCUT2D eigenvalue weighted by atomic mass is 9.99. The molecule has 0 spiro atoms. The molecule has 4 nitrogen and oxygen atoms in total. The Morgan fingerprint density at radius 2 is 1.67 bits per heavy atom. The minimum Gasteiger partial charge on any atom is -0.478 e. The number of carbonyl (C=O) groups is 2. The first-order valence-electron chi connectivity index (χ1n) is 5.17. The Hall–Kier alpha value is -2.62. The van der Waals surface area contributed by atoms with Gasteiger partial charge in [-0.2, -0.15) is 0 Å². The summed E-state index contributed by atoms with van der Waals surface area (Å²) >= 11 is 0. The van der Waals surface area contributed by atoms with Gasteiger partial charge in [-0.25, -0.2) is 9.59 Å². The molecule has 0 heterocycles. The van der Waals surface area contributed by atoms with Gasteiger partial charge in [-0.3, -0.25) is 0 Å². The van der Waals surface area contributed by atoms with Gasteiger partial charge in [0.25, 0.3) is 0 Å². The van der Waals surface area contributed by atoms with Gasteiger partial charge in [0.15, 0.2) is 0 Å². The third kappa shape index (κ3) is 2.22. The molecule has 2 rings (SSSR count). The van der Waals surface area contributed by atoms with Crippen molar-refractivity contribution in [3.05, 3.63) is 59.7 Å². The van der Waals surface area contributed by atoms with Gasteiger partial charge in [0, 0.05) is 0 Å². The molecule has 0 bridgehead atoms. The fraction of sp³-hybridized carbons (Fsp3) is 0. The molecule has 4 heteroatoms. The van der Waals surface area contributed by atoms with Crippen molar-refractivity contribution in [1.82, 2.24) is 0 Å². The third-order valence-corrected chi connectivity index (χ3v) is 2.50. The highest BCUT2D eigenvalue weighted by Crippen LogP contribution is 2.22. The van der Waals surface area contributed by atoms with Crippen molar-refractivity contribution in [2.75, 3.05) is 0 Å². The highest BCUT2D eigenvalue weighted by Gasteiger charge is 2.16. The summed E-state index contributed by atoms with van der Waals surface area (Å²) in [7, 11) is 0. The lowest BCUT2D eigenvalue weighted by molar-refractivity contribution is 0.0651. The van der Waals surface area contributed by atoms with Gasteiger partial charge in [-0.15, -0.1) is 0 Å². The number of benzene rings is 2. The standard InChI is InChI=1S/C14H9O4/c15-13(16)11-7-6-10(8-12(11)14(17)18)9-4-2-1-3-5-9/h1-4,6-8H,(H,15,16)(H,17,18). The molecule has 0 fully saturated rings. The van der Waals surface area contributed by atoms with E-state index < -0.39 is 11.9 Å². The molecule has 0 atom stereocenters. The van der Waals surface area contributed by atoms with Crippen LogP contribution in [-0.4, -0.2) is 22.2 Å². The molecule has 0 saturated heterocycles. The van der Waals surface area contributed by atoms with Crippen molar-refractivity contribution in [1.29, 1.82) is 0 Å². The number of carboxylic acid groups (broad SMARTS) is 2. The largest absolute Gasteiger partial charge is 0.478 e. The Bertz CT molecular complexity index is 602. The van der Waals surface area contributed by atoms with Crippen LogP contribution in [-0.2, 0) is 0 Å². The number of carboxylic acids is 2. The lowest BCUT2D eigenvalue weighted by Crippen LogP contribution is -2.07. The van der Waals surface area contributed by atoms with E-state index in [1.54, 1.807) is 30.3 Å². The zero-order chi connectivity index (χ0) is 13.1. The molecule has 0 unspecified atom stereocenters. The van der Waals surface area contributed by atoms with E-state index in [9.17, 15) is 9.59 Å². The normalized spacial score (nSPS) is 10.0. The fourth-order valence-corrected chi connectivity index (χ4v) is 1.65. The van der Waals surface area contributed by atoms with E-state index in [1.165, 1.54) is 12.1 Å². The predicted octanol–water partition coefficient (Wildman–Crippen LogP) is 2.55. The number of rotatable bonds is 3. The van der Waals surface area contributed by atoms with Gasteiger partial charge in [0.05, 0.1) is 11.1 Å². The summed E-state index contributed by atoms with van der Waals surface area (Å²) < 4.78 is 0. The average molecular weight is 241 g/mol. The highest BCUT2D eigenvalue weighted by molar-refractivity contribution is 6.02. The molecule has 2 N–H and O–H groups in total. The van der Waals surface area contributed by atoms with E-state index in [-0.39, 0.29) is 11.1 Å². The van der Waals surface area contributed by atoms with Gasteiger partial charge >= 0.3 is 11.9 Å². The first kappa shape index (κ1) is 11.9. The second kappa shape index (κ2) is 4.71. The van der Waals surface area contributed by atoms with Gasteiger partial charge in [0.1, 0.15) is 0 Å². The van der Waals surface area contributed by atoms with Crippen LogP contribution in [0.2, 0.25) is 0 Å². The van der Waals surface area contributed by atoms with Crippen LogP contribution in [0.15, 0.2) is 42.5 Å². The van der Waals surface area contributed by atoms with E-state index in [2.05, 4.69) is 6.07 Å². The van der Waals surface area contributed by atoms with Crippen LogP contribution in [0.1, 0.15) is 20.7 Å². The molecule has 18 heavy (non-hydrogen) atoms. The Morgan fingerprint density at radius 3 is 2.22 bits per heavy atom. The Kier molecular flexibility index (Phi) is 3.10. The summed E-state index contributed by atoms with van der Waals surface area (Å²) in [6, 6.07) is 14.3. The molecule has 0 aliphatic carbocycles. The Labute approximate surface area is 103 Å². The maximum absolute atomic E-state index is 11.0. The average Bonchev–Trinajstić information content (AvgIpc) is 2.39. The van der Waals surface area contributed by atoms with Crippen molar-refractivity contribution in [2.45, 2.75) is 0 Å². The van der Waals surface area contributed by atoms with Crippen LogP contribution in [0.3, 0.4) is 0 Å². The topological polar surface area (TPSA) is 74.6 Å². The van der Waals surface area contributed by atoms with Crippen molar-refractivity contribution < 1.29 is 19.8 Å². The smallest absolute Gasteiger partial charge is 0.336 e. The monoisotopic (exact) mass is 241 g/mol.